The fraction of sp³-hybridized carbons (Fsp3) is 0.250. The predicted octanol–water partition coefficient (Wildman–Crippen LogP) is 4.28. The van der Waals surface area contributed by atoms with Gasteiger partial charge in [0.15, 0.2) is 0 Å². The molecule has 0 saturated carbocycles. The van der Waals surface area contributed by atoms with E-state index in [0.717, 1.165) is 22.4 Å². The molecule has 0 atom stereocenters. The Bertz CT molecular complexity index is 847. The van der Waals surface area contributed by atoms with Crippen molar-refractivity contribution in [3.05, 3.63) is 65.0 Å². The van der Waals surface area contributed by atoms with Crippen molar-refractivity contribution in [1.82, 2.24) is 4.98 Å². The molecule has 2 N–H and O–H groups in total. The summed E-state index contributed by atoms with van der Waals surface area (Å²) in [4.78, 5) is 16.6. The van der Waals surface area contributed by atoms with Crippen LogP contribution in [-0.4, -0.2) is 10.9 Å². The Kier molecular flexibility index (Phi) is 5.91. The van der Waals surface area contributed by atoms with Crippen LogP contribution < -0.4 is 10.6 Å². The van der Waals surface area contributed by atoms with Crippen molar-refractivity contribution in [3.63, 3.8) is 0 Å². The van der Waals surface area contributed by atoms with Gasteiger partial charge in [0.2, 0.25) is 0 Å². The maximum atomic E-state index is 12.5. The molecular formula is C20H22N4O. The molecule has 1 aromatic heterocycles. The molecular weight excluding hydrogens is 312 g/mol. The number of pyridine rings is 1. The zero-order chi connectivity index (χ0) is 18.4. The maximum Gasteiger partial charge on any atom is 0.267 e. The summed E-state index contributed by atoms with van der Waals surface area (Å²) in [5.41, 5.74) is 3.79. The molecule has 0 saturated heterocycles. The van der Waals surface area contributed by atoms with Crippen LogP contribution >= 0.6 is 0 Å². The zero-order valence-electron chi connectivity index (χ0n) is 14.9. The van der Waals surface area contributed by atoms with Crippen molar-refractivity contribution in [2.45, 2.75) is 33.6 Å². The number of carbonyl (C=O) groups is 1. The SMILES string of the molecule is Cc1ccnc(N/C=C(/C#N)C(=O)Nc2c(C)cccc2C(C)C)c1. The first-order valence-corrected chi connectivity index (χ1v) is 8.12. The quantitative estimate of drug-likeness (QED) is 0.632. The van der Waals surface area contributed by atoms with Gasteiger partial charge in [-0.25, -0.2) is 4.98 Å². The number of amides is 1. The van der Waals surface area contributed by atoms with E-state index in [-0.39, 0.29) is 11.5 Å². The lowest BCUT2D eigenvalue weighted by molar-refractivity contribution is -0.112. The minimum Gasteiger partial charge on any atom is -0.345 e. The summed E-state index contributed by atoms with van der Waals surface area (Å²) < 4.78 is 0. The van der Waals surface area contributed by atoms with Gasteiger partial charge < -0.3 is 10.6 Å². The normalized spacial score (nSPS) is 11.1. The topological polar surface area (TPSA) is 77.8 Å². The number of aryl methyl sites for hydroxylation is 2. The number of hydrogen-bond donors (Lipinski definition) is 2. The van der Waals surface area contributed by atoms with Crippen LogP contribution in [0.3, 0.4) is 0 Å². The number of hydrogen-bond acceptors (Lipinski definition) is 4. The summed E-state index contributed by atoms with van der Waals surface area (Å²) in [7, 11) is 0. The minimum absolute atomic E-state index is 0.0127. The lowest BCUT2D eigenvalue weighted by Gasteiger charge is -2.16. The van der Waals surface area contributed by atoms with Crippen molar-refractivity contribution >= 4 is 17.4 Å². The van der Waals surface area contributed by atoms with Crippen LogP contribution in [0.5, 0.6) is 0 Å². The molecule has 0 fully saturated rings. The standard InChI is InChI=1S/C20H22N4O/c1-13(2)17-7-5-6-15(4)19(17)24-20(25)16(11-21)12-23-18-10-14(3)8-9-22-18/h5-10,12-13H,1-4H3,(H,22,23)(H,24,25)/b16-12-. The number of para-hydroxylation sites is 1. The number of carbonyl (C=O) groups excluding carboxylic acids is 1. The van der Waals surface area contributed by atoms with Crippen molar-refractivity contribution in [3.8, 4) is 6.07 Å². The fourth-order valence-electron chi connectivity index (χ4n) is 2.43. The summed E-state index contributed by atoms with van der Waals surface area (Å²) in [6.07, 6.45) is 3.05. The Balaban J connectivity index is 2.21. The second kappa shape index (κ2) is 8.11. The molecule has 0 bridgehead atoms. The van der Waals surface area contributed by atoms with Gasteiger partial charge in [-0.1, -0.05) is 32.0 Å². The monoisotopic (exact) mass is 334 g/mol. The molecule has 0 radical (unpaired) electrons. The van der Waals surface area contributed by atoms with Gasteiger partial charge in [0.1, 0.15) is 17.5 Å². The van der Waals surface area contributed by atoms with Crippen molar-refractivity contribution in [2.75, 3.05) is 10.6 Å². The molecule has 1 amide bonds. The third kappa shape index (κ3) is 4.67. The molecule has 2 rings (SSSR count). The molecule has 128 valence electrons. The first-order chi connectivity index (χ1) is 11.9. The Hall–Kier alpha value is -3.13. The molecule has 5 nitrogen and oxygen atoms in total. The van der Waals surface area contributed by atoms with E-state index >= 15 is 0 Å². The third-order valence-corrected chi connectivity index (χ3v) is 3.81. The van der Waals surface area contributed by atoms with Crippen LogP contribution in [0.4, 0.5) is 11.5 Å². The molecule has 0 spiro atoms. The van der Waals surface area contributed by atoms with Crippen LogP contribution in [0.25, 0.3) is 0 Å². The molecule has 1 heterocycles. The van der Waals surface area contributed by atoms with Crippen molar-refractivity contribution < 1.29 is 4.79 Å². The maximum absolute atomic E-state index is 12.5. The number of aromatic nitrogens is 1. The fourth-order valence-corrected chi connectivity index (χ4v) is 2.43. The molecule has 5 heteroatoms. The number of nitrogens with zero attached hydrogens (tertiary/aromatic N) is 2. The van der Waals surface area contributed by atoms with Crippen molar-refractivity contribution in [1.29, 1.82) is 5.26 Å². The van der Waals surface area contributed by atoms with Crippen LogP contribution in [-0.2, 0) is 4.79 Å². The highest BCUT2D eigenvalue weighted by Gasteiger charge is 2.15. The Morgan fingerprint density at radius 1 is 1.28 bits per heavy atom. The molecule has 0 unspecified atom stereocenters. The largest absolute Gasteiger partial charge is 0.345 e. The molecule has 1 aromatic carbocycles. The molecule has 25 heavy (non-hydrogen) atoms. The van der Waals surface area contributed by atoms with Crippen LogP contribution in [0.15, 0.2) is 48.3 Å². The second-order valence-corrected chi connectivity index (χ2v) is 6.18. The smallest absolute Gasteiger partial charge is 0.267 e. The van der Waals surface area contributed by atoms with E-state index in [2.05, 4.69) is 29.5 Å². The summed E-state index contributed by atoms with van der Waals surface area (Å²) in [5.74, 6) is 0.400. The number of anilines is 2. The first kappa shape index (κ1) is 18.2. The van der Waals surface area contributed by atoms with Crippen LogP contribution in [0.2, 0.25) is 0 Å². The van der Waals surface area contributed by atoms with Gasteiger partial charge in [-0.3, -0.25) is 4.79 Å². The number of nitriles is 1. The lowest BCUT2D eigenvalue weighted by atomic mass is 9.98. The van der Waals surface area contributed by atoms with E-state index in [1.165, 1.54) is 6.20 Å². The zero-order valence-corrected chi connectivity index (χ0v) is 14.9. The van der Waals surface area contributed by atoms with E-state index in [9.17, 15) is 10.1 Å². The van der Waals surface area contributed by atoms with Crippen molar-refractivity contribution in [2.24, 2.45) is 0 Å². The lowest BCUT2D eigenvalue weighted by Crippen LogP contribution is -2.17. The first-order valence-electron chi connectivity index (χ1n) is 8.12. The third-order valence-electron chi connectivity index (χ3n) is 3.81. The van der Waals surface area contributed by atoms with E-state index in [0.29, 0.717) is 5.82 Å². The number of rotatable bonds is 5. The Morgan fingerprint density at radius 2 is 2.04 bits per heavy atom. The Morgan fingerprint density at radius 3 is 2.68 bits per heavy atom. The highest BCUT2D eigenvalue weighted by molar-refractivity contribution is 6.07. The summed E-state index contributed by atoms with van der Waals surface area (Å²) >= 11 is 0. The van der Waals surface area contributed by atoms with E-state index in [1.807, 2.05) is 50.2 Å². The average molecular weight is 334 g/mol. The van der Waals surface area contributed by atoms with Gasteiger partial charge in [0.25, 0.3) is 5.91 Å². The molecule has 2 aromatic rings. The predicted molar refractivity (Wildman–Crippen MR) is 100 cm³/mol. The van der Waals surface area contributed by atoms with Crippen LogP contribution in [0, 0.1) is 25.2 Å². The summed E-state index contributed by atoms with van der Waals surface area (Å²) in [5, 5.41) is 15.1. The number of nitrogens with one attached hydrogen (secondary N) is 2. The molecule has 0 aliphatic carbocycles. The average Bonchev–Trinajstić information content (AvgIpc) is 2.57. The minimum atomic E-state index is -0.446. The van der Waals surface area contributed by atoms with Gasteiger partial charge in [-0.2, -0.15) is 5.26 Å². The van der Waals surface area contributed by atoms with Gasteiger partial charge in [-0.15, -0.1) is 0 Å². The molecule has 0 aliphatic rings. The van der Waals surface area contributed by atoms with Gasteiger partial charge in [0, 0.05) is 18.1 Å². The summed E-state index contributed by atoms with van der Waals surface area (Å²) in [6, 6.07) is 11.5. The van der Waals surface area contributed by atoms with Gasteiger partial charge in [0.05, 0.1) is 0 Å². The summed E-state index contributed by atoms with van der Waals surface area (Å²) in [6.45, 7) is 8.01. The van der Waals surface area contributed by atoms with Gasteiger partial charge >= 0.3 is 0 Å². The van der Waals surface area contributed by atoms with E-state index in [1.54, 1.807) is 6.20 Å². The highest BCUT2D eigenvalue weighted by atomic mass is 16.1. The molecule has 0 aliphatic heterocycles. The van der Waals surface area contributed by atoms with Gasteiger partial charge in [-0.05, 0) is 48.6 Å². The highest BCUT2D eigenvalue weighted by Crippen LogP contribution is 2.27. The number of benzene rings is 1. The van der Waals surface area contributed by atoms with E-state index in [4.69, 9.17) is 0 Å². The van der Waals surface area contributed by atoms with Crippen LogP contribution in [0.1, 0.15) is 36.5 Å². The Labute approximate surface area is 148 Å². The van der Waals surface area contributed by atoms with E-state index < -0.39 is 5.91 Å². The second-order valence-electron chi connectivity index (χ2n) is 6.18.